The van der Waals surface area contributed by atoms with Crippen molar-refractivity contribution in [2.24, 2.45) is 0 Å². The van der Waals surface area contributed by atoms with Crippen LogP contribution in [-0.2, 0) is 4.79 Å². The molecule has 5 heteroatoms. The van der Waals surface area contributed by atoms with Gasteiger partial charge < -0.3 is 0 Å². The average Bonchev–Trinajstić information content (AvgIpc) is 2.16. The van der Waals surface area contributed by atoms with Crippen molar-refractivity contribution in [1.82, 2.24) is 0 Å². The van der Waals surface area contributed by atoms with Crippen LogP contribution in [0.5, 0.6) is 0 Å². The van der Waals surface area contributed by atoms with Crippen LogP contribution < -0.4 is 0 Å². The highest BCUT2D eigenvalue weighted by atomic mass is 16.6. The van der Waals surface area contributed by atoms with E-state index in [0.29, 0.717) is 5.56 Å². The SMILES string of the molecule is CC(=O)CC(=O)c1ccc(C)c([N+](=O)[O-])c1. The molecule has 1 aromatic carbocycles. The number of Topliss-reactive ketones (excluding diaryl/α,β-unsaturated/α-hetero) is 2. The van der Waals surface area contributed by atoms with Crippen molar-refractivity contribution in [1.29, 1.82) is 0 Å². The molecular formula is C11H11NO4. The Hall–Kier alpha value is -2.04. The minimum absolute atomic E-state index is 0.102. The largest absolute Gasteiger partial charge is 0.300 e. The van der Waals surface area contributed by atoms with Crippen molar-refractivity contribution < 1.29 is 14.5 Å². The zero-order chi connectivity index (χ0) is 12.3. The van der Waals surface area contributed by atoms with E-state index in [1.807, 2.05) is 0 Å². The second kappa shape index (κ2) is 4.65. The van der Waals surface area contributed by atoms with Crippen LogP contribution in [0.25, 0.3) is 0 Å². The van der Waals surface area contributed by atoms with E-state index in [1.165, 1.54) is 25.1 Å². The highest BCUT2D eigenvalue weighted by Gasteiger charge is 2.15. The summed E-state index contributed by atoms with van der Waals surface area (Å²) in [5.41, 5.74) is 0.589. The van der Waals surface area contributed by atoms with E-state index in [1.54, 1.807) is 6.92 Å². The normalized spacial score (nSPS) is 9.88. The molecule has 0 aromatic heterocycles. The number of nitro groups is 1. The van der Waals surface area contributed by atoms with Crippen molar-refractivity contribution in [2.45, 2.75) is 20.3 Å². The molecule has 0 fully saturated rings. The summed E-state index contributed by atoms with van der Waals surface area (Å²) in [6, 6.07) is 4.21. The number of ketones is 2. The molecule has 0 aliphatic rings. The summed E-state index contributed by atoms with van der Waals surface area (Å²) in [4.78, 5) is 32.4. The number of nitro benzene ring substituents is 1. The van der Waals surface area contributed by atoms with Gasteiger partial charge in [-0.25, -0.2) is 0 Å². The second-order valence-electron chi connectivity index (χ2n) is 3.56. The number of rotatable bonds is 4. The van der Waals surface area contributed by atoms with E-state index in [4.69, 9.17) is 0 Å². The van der Waals surface area contributed by atoms with E-state index >= 15 is 0 Å². The van der Waals surface area contributed by atoms with Gasteiger partial charge in [0, 0.05) is 17.2 Å². The summed E-state index contributed by atoms with van der Waals surface area (Å²) in [6.07, 6.45) is -0.222. The Balaban J connectivity index is 3.08. The number of hydrogen-bond donors (Lipinski definition) is 0. The van der Waals surface area contributed by atoms with Crippen LogP contribution in [0.3, 0.4) is 0 Å². The van der Waals surface area contributed by atoms with Gasteiger partial charge in [-0.1, -0.05) is 12.1 Å². The lowest BCUT2D eigenvalue weighted by atomic mass is 10.0. The van der Waals surface area contributed by atoms with Crippen molar-refractivity contribution in [2.75, 3.05) is 0 Å². The maximum atomic E-state index is 11.5. The third-order valence-electron chi connectivity index (χ3n) is 2.14. The molecule has 0 heterocycles. The van der Waals surface area contributed by atoms with Crippen LogP contribution in [0.15, 0.2) is 18.2 Å². The van der Waals surface area contributed by atoms with Crippen LogP contribution in [0.4, 0.5) is 5.69 Å². The molecule has 1 rings (SSSR count). The average molecular weight is 221 g/mol. The monoisotopic (exact) mass is 221 g/mol. The van der Waals surface area contributed by atoms with Gasteiger partial charge in [0.1, 0.15) is 5.78 Å². The van der Waals surface area contributed by atoms with Gasteiger partial charge in [-0.15, -0.1) is 0 Å². The zero-order valence-corrected chi connectivity index (χ0v) is 9.02. The fourth-order valence-corrected chi connectivity index (χ4v) is 1.31. The molecule has 16 heavy (non-hydrogen) atoms. The molecule has 0 saturated carbocycles. The van der Waals surface area contributed by atoms with Crippen molar-refractivity contribution in [3.05, 3.63) is 39.4 Å². The summed E-state index contributed by atoms with van der Waals surface area (Å²) < 4.78 is 0. The maximum absolute atomic E-state index is 11.5. The van der Waals surface area contributed by atoms with Gasteiger partial charge in [-0.3, -0.25) is 19.7 Å². The first kappa shape index (κ1) is 12.0. The molecule has 84 valence electrons. The van der Waals surface area contributed by atoms with Crippen LogP contribution in [0, 0.1) is 17.0 Å². The van der Waals surface area contributed by atoms with Crippen LogP contribution >= 0.6 is 0 Å². The van der Waals surface area contributed by atoms with Crippen LogP contribution in [0.1, 0.15) is 29.3 Å². The van der Waals surface area contributed by atoms with Crippen LogP contribution in [0.2, 0.25) is 0 Å². The second-order valence-corrected chi connectivity index (χ2v) is 3.56. The molecule has 0 bridgehead atoms. The number of carbonyl (C=O) groups excluding carboxylic acids is 2. The quantitative estimate of drug-likeness (QED) is 0.337. The lowest BCUT2D eigenvalue weighted by Crippen LogP contribution is -2.05. The minimum Gasteiger partial charge on any atom is -0.300 e. The number of benzene rings is 1. The predicted molar refractivity (Wildman–Crippen MR) is 57.5 cm³/mol. The minimum atomic E-state index is -0.542. The number of hydrogen-bond acceptors (Lipinski definition) is 4. The van der Waals surface area contributed by atoms with Gasteiger partial charge in [0.05, 0.1) is 11.3 Å². The van der Waals surface area contributed by atoms with Crippen LogP contribution in [-0.4, -0.2) is 16.5 Å². The Bertz CT molecular complexity index is 465. The lowest BCUT2D eigenvalue weighted by molar-refractivity contribution is -0.385. The first-order valence-corrected chi connectivity index (χ1v) is 4.69. The third-order valence-corrected chi connectivity index (χ3v) is 2.14. The topological polar surface area (TPSA) is 77.3 Å². The van der Waals surface area contributed by atoms with E-state index < -0.39 is 10.7 Å². The molecule has 0 N–H and O–H groups in total. The van der Waals surface area contributed by atoms with E-state index in [2.05, 4.69) is 0 Å². The molecule has 0 unspecified atom stereocenters. The Morgan fingerprint density at radius 2 is 2.00 bits per heavy atom. The maximum Gasteiger partial charge on any atom is 0.273 e. The van der Waals surface area contributed by atoms with Crippen molar-refractivity contribution >= 4 is 17.3 Å². The molecule has 0 aliphatic carbocycles. The Morgan fingerprint density at radius 1 is 1.38 bits per heavy atom. The van der Waals surface area contributed by atoms with Gasteiger partial charge in [0.15, 0.2) is 5.78 Å². The molecule has 1 aromatic rings. The summed E-state index contributed by atoms with van der Waals surface area (Å²) in [7, 11) is 0. The third kappa shape index (κ3) is 2.73. The first-order valence-electron chi connectivity index (χ1n) is 4.69. The molecule has 0 aliphatic heterocycles. The molecule has 0 radical (unpaired) electrons. The lowest BCUT2D eigenvalue weighted by Gasteiger charge is -2.01. The predicted octanol–water partition coefficient (Wildman–Crippen LogP) is 2.07. The van der Waals surface area contributed by atoms with Gasteiger partial charge in [-0.05, 0) is 13.8 Å². The standard InChI is InChI=1S/C11H11NO4/c1-7-3-4-9(6-10(7)12(15)16)11(14)5-8(2)13/h3-4,6H,5H2,1-2H3. The van der Waals surface area contributed by atoms with E-state index in [9.17, 15) is 19.7 Å². The van der Waals surface area contributed by atoms with E-state index in [-0.39, 0.29) is 23.5 Å². The molecule has 5 nitrogen and oxygen atoms in total. The Labute approximate surface area is 92.2 Å². The number of nitrogens with zero attached hydrogens (tertiary/aromatic N) is 1. The molecular weight excluding hydrogens is 210 g/mol. The fraction of sp³-hybridized carbons (Fsp3) is 0.273. The van der Waals surface area contributed by atoms with Gasteiger partial charge in [-0.2, -0.15) is 0 Å². The molecule has 0 atom stereocenters. The summed E-state index contributed by atoms with van der Waals surface area (Å²) in [6.45, 7) is 2.90. The van der Waals surface area contributed by atoms with Crippen molar-refractivity contribution in [3.63, 3.8) is 0 Å². The molecule has 0 spiro atoms. The number of aryl methyl sites for hydroxylation is 1. The number of carbonyl (C=O) groups is 2. The molecule has 0 amide bonds. The smallest absolute Gasteiger partial charge is 0.273 e. The Morgan fingerprint density at radius 3 is 2.50 bits per heavy atom. The van der Waals surface area contributed by atoms with E-state index in [0.717, 1.165) is 0 Å². The highest BCUT2D eigenvalue weighted by molar-refractivity contribution is 6.07. The summed E-state index contributed by atoms with van der Waals surface area (Å²) in [5, 5.41) is 10.6. The van der Waals surface area contributed by atoms with Gasteiger partial charge in [0.25, 0.3) is 5.69 Å². The molecule has 0 saturated heterocycles. The summed E-state index contributed by atoms with van der Waals surface area (Å²) in [5.74, 6) is -0.649. The van der Waals surface area contributed by atoms with Gasteiger partial charge >= 0.3 is 0 Å². The zero-order valence-electron chi connectivity index (χ0n) is 9.02. The van der Waals surface area contributed by atoms with Gasteiger partial charge in [0.2, 0.25) is 0 Å². The fourth-order valence-electron chi connectivity index (χ4n) is 1.31. The van der Waals surface area contributed by atoms with Crippen molar-refractivity contribution in [3.8, 4) is 0 Å². The Kier molecular flexibility index (Phi) is 3.50. The summed E-state index contributed by atoms with van der Waals surface area (Å²) >= 11 is 0. The first-order chi connectivity index (χ1) is 7.41. The highest BCUT2D eigenvalue weighted by Crippen LogP contribution is 2.20.